The lowest BCUT2D eigenvalue weighted by Gasteiger charge is -2.29. The zero-order valence-electron chi connectivity index (χ0n) is 11.9. The molecule has 1 saturated heterocycles. The Kier molecular flexibility index (Phi) is 6.11. The molecular weight excluding hydrogens is 240 g/mol. The second kappa shape index (κ2) is 7.85. The van der Waals surface area contributed by atoms with Gasteiger partial charge < -0.3 is 15.8 Å². The van der Waals surface area contributed by atoms with E-state index in [0.29, 0.717) is 12.5 Å². The molecule has 1 aliphatic carbocycles. The summed E-state index contributed by atoms with van der Waals surface area (Å²) in [6, 6.07) is 0. The highest BCUT2D eigenvalue weighted by Crippen LogP contribution is 2.30. The van der Waals surface area contributed by atoms with Crippen molar-refractivity contribution in [2.24, 2.45) is 17.6 Å². The van der Waals surface area contributed by atoms with Crippen LogP contribution in [-0.4, -0.2) is 31.7 Å². The molecule has 0 aromatic carbocycles. The molecule has 0 bridgehead atoms. The number of nitrogens with two attached hydrogens (primary N) is 1. The molecule has 1 saturated carbocycles. The highest BCUT2D eigenvalue weighted by Gasteiger charge is 2.27. The smallest absolute Gasteiger partial charge is 0.223 e. The van der Waals surface area contributed by atoms with Gasteiger partial charge in [0.05, 0.1) is 6.10 Å². The predicted octanol–water partition coefficient (Wildman–Crippen LogP) is 1.83. The summed E-state index contributed by atoms with van der Waals surface area (Å²) in [4.78, 5) is 12.2. The van der Waals surface area contributed by atoms with Gasteiger partial charge in [0, 0.05) is 19.1 Å². The first-order valence-electron chi connectivity index (χ1n) is 7.89. The molecule has 3 N–H and O–H groups in total. The molecule has 2 rings (SSSR count). The van der Waals surface area contributed by atoms with E-state index in [1.54, 1.807) is 0 Å². The number of carbonyl (C=O) groups excluding carboxylic acids is 1. The fourth-order valence-corrected chi connectivity index (χ4v) is 3.35. The Labute approximate surface area is 116 Å². The lowest BCUT2D eigenvalue weighted by atomic mass is 9.79. The molecule has 3 atom stereocenters. The monoisotopic (exact) mass is 268 g/mol. The molecule has 0 radical (unpaired) electrons. The Bertz CT molecular complexity index is 275. The second-order valence-corrected chi connectivity index (χ2v) is 6.04. The van der Waals surface area contributed by atoms with Crippen molar-refractivity contribution >= 4 is 5.91 Å². The Morgan fingerprint density at radius 3 is 2.84 bits per heavy atom. The Morgan fingerprint density at radius 2 is 2.11 bits per heavy atom. The van der Waals surface area contributed by atoms with Crippen LogP contribution >= 0.6 is 0 Å². The first kappa shape index (κ1) is 14.8. The predicted molar refractivity (Wildman–Crippen MR) is 75.7 cm³/mol. The Hall–Kier alpha value is -0.610. The molecule has 0 spiro atoms. The Balaban J connectivity index is 1.69. The molecule has 19 heavy (non-hydrogen) atoms. The summed E-state index contributed by atoms with van der Waals surface area (Å²) in [7, 11) is 0. The maximum Gasteiger partial charge on any atom is 0.223 e. The van der Waals surface area contributed by atoms with Crippen molar-refractivity contribution in [3.8, 4) is 0 Å². The summed E-state index contributed by atoms with van der Waals surface area (Å²) < 4.78 is 5.64. The average Bonchev–Trinajstić information content (AvgIpc) is 2.46. The van der Waals surface area contributed by atoms with Crippen LogP contribution in [-0.2, 0) is 9.53 Å². The van der Waals surface area contributed by atoms with Crippen molar-refractivity contribution in [1.29, 1.82) is 0 Å². The van der Waals surface area contributed by atoms with Crippen LogP contribution in [0.4, 0.5) is 0 Å². The van der Waals surface area contributed by atoms with Crippen LogP contribution in [0, 0.1) is 11.8 Å². The van der Waals surface area contributed by atoms with Gasteiger partial charge in [0.1, 0.15) is 0 Å². The maximum atomic E-state index is 12.2. The molecule has 1 heterocycles. The maximum absolute atomic E-state index is 12.2. The van der Waals surface area contributed by atoms with Crippen molar-refractivity contribution in [2.75, 3.05) is 19.7 Å². The van der Waals surface area contributed by atoms with Gasteiger partial charge >= 0.3 is 0 Å². The summed E-state index contributed by atoms with van der Waals surface area (Å²) >= 11 is 0. The first-order chi connectivity index (χ1) is 9.29. The van der Waals surface area contributed by atoms with E-state index in [4.69, 9.17) is 10.5 Å². The van der Waals surface area contributed by atoms with E-state index in [-0.39, 0.29) is 17.9 Å². The summed E-state index contributed by atoms with van der Waals surface area (Å²) in [5.74, 6) is 1.09. The SMILES string of the molecule is NCCC1CCCC(C(=O)NCC2CCCCO2)C1. The summed E-state index contributed by atoms with van der Waals surface area (Å²) in [5.41, 5.74) is 5.62. The number of ether oxygens (including phenoxy) is 1. The van der Waals surface area contributed by atoms with Crippen molar-refractivity contribution in [3.63, 3.8) is 0 Å². The zero-order valence-corrected chi connectivity index (χ0v) is 11.9. The summed E-state index contributed by atoms with van der Waals surface area (Å²) in [6.07, 6.45) is 9.25. The highest BCUT2D eigenvalue weighted by molar-refractivity contribution is 5.78. The van der Waals surface area contributed by atoms with E-state index in [1.165, 1.54) is 19.3 Å². The van der Waals surface area contributed by atoms with E-state index in [9.17, 15) is 4.79 Å². The van der Waals surface area contributed by atoms with Gasteiger partial charge in [-0.15, -0.1) is 0 Å². The molecule has 3 unspecified atom stereocenters. The lowest BCUT2D eigenvalue weighted by molar-refractivity contribution is -0.127. The van der Waals surface area contributed by atoms with Gasteiger partial charge in [0.2, 0.25) is 5.91 Å². The summed E-state index contributed by atoms with van der Waals surface area (Å²) in [5, 5.41) is 3.09. The lowest BCUT2D eigenvalue weighted by Crippen LogP contribution is -2.40. The number of carbonyl (C=O) groups is 1. The van der Waals surface area contributed by atoms with Crippen LogP contribution in [0.15, 0.2) is 0 Å². The van der Waals surface area contributed by atoms with Gasteiger partial charge in [-0.3, -0.25) is 4.79 Å². The van der Waals surface area contributed by atoms with Crippen molar-refractivity contribution in [3.05, 3.63) is 0 Å². The van der Waals surface area contributed by atoms with Gasteiger partial charge in [-0.05, 0) is 51.0 Å². The van der Waals surface area contributed by atoms with Gasteiger partial charge in [0.25, 0.3) is 0 Å². The van der Waals surface area contributed by atoms with Crippen LogP contribution in [0.1, 0.15) is 51.4 Å². The molecule has 2 aliphatic rings. The van der Waals surface area contributed by atoms with E-state index >= 15 is 0 Å². The topological polar surface area (TPSA) is 64.4 Å². The minimum Gasteiger partial charge on any atom is -0.376 e. The highest BCUT2D eigenvalue weighted by atomic mass is 16.5. The van der Waals surface area contributed by atoms with Crippen molar-refractivity contribution in [1.82, 2.24) is 5.32 Å². The third kappa shape index (κ3) is 4.77. The number of hydrogen-bond acceptors (Lipinski definition) is 3. The average molecular weight is 268 g/mol. The quantitative estimate of drug-likeness (QED) is 0.799. The van der Waals surface area contributed by atoms with E-state index in [2.05, 4.69) is 5.32 Å². The van der Waals surface area contributed by atoms with Crippen LogP contribution < -0.4 is 11.1 Å². The fraction of sp³-hybridized carbons (Fsp3) is 0.933. The fourth-order valence-electron chi connectivity index (χ4n) is 3.35. The molecular formula is C15H28N2O2. The van der Waals surface area contributed by atoms with Gasteiger partial charge in [-0.2, -0.15) is 0 Å². The number of amides is 1. The summed E-state index contributed by atoms with van der Waals surface area (Å²) in [6.45, 7) is 2.29. The van der Waals surface area contributed by atoms with Crippen LogP contribution in [0.5, 0.6) is 0 Å². The molecule has 0 aromatic rings. The molecule has 2 fully saturated rings. The first-order valence-corrected chi connectivity index (χ1v) is 7.89. The Morgan fingerprint density at radius 1 is 1.21 bits per heavy atom. The molecule has 110 valence electrons. The van der Waals surface area contributed by atoms with Gasteiger partial charge in [0.15, 0.2) is 0 Å². The van der Waals surface area contributed by atoms with Crippen LogP contribution in [0.25, 0.3) is 0 Å². The van der Waals surface area contributed by atoms with Crippen molar-refractivity contribution in [2.45, 2.75) is 57.5 Å². The van der Waals surface area contributed by atoms with E-state index in [1.807, 2.05) is 0 Å². The molecule has 4 nitrogen and oxygen atoms in total. The third-order valence-electron chi connectivity index (χ3n) is 4.51. The van der Waals surface area contributed by atoms with Gasteiger partial charge in [-0.1, -0.05) is 12.8 Å². The van der Waals surface area contributed by atoms with E-state index in [0.717, 1.165) is 45.3 Å². The number of hydrogen-bond donors (Lipinski definition) is 2. The second-order valence-electron chi connectivity index (χ2n) is 6.04. The van der Waals surface area contributed by atoms with Gasteiger partial charge in [-0.25, -0.2) is 0 Å². The molecule has 4 heteroatoms. The van der Waals surface area contributed by atoms with Crippen LogP contribution in [0.2, 0.25) is 0 Å². The number of rotatable bonds is 5. The molecule has 1 aliphatic heterocycles. The minimum atomic E-state index is 0.203. The van der Waals surface area contributed by atoms with E-state index < -0.39 is 0 Å². The van der Waals surface area contributed by atoms with Crippen LogP contribution in [0.3, 0.4) is 0 Å². The zero-order chi connectivity index (χ0) is 13.5. The normalized spacial score (nSPS) is 31.9. The third-order valence-corrected chi connectivity index (χ3v) is 4.51. The molecule has 0 aromatic heterocycles. The molecule has 1 amide bonds. The minimum absolute atomic E-state index is 0.203. The van der Waals surface area contributed by atoms with Crippen molar-refractivity contribution < 1.29 is 9.53 Å². The standard InChI is InChI=1S/C15H28N2O2/c16-8-7-12-4-3-5-13(10-12)15(18)17-11-14-6-1-2-9-19-14/h12-14H,1-11,16H2,(H,17,18). The number of nitrogens with one attached hydrogen (secondary N) is 1. The largest absolute Gasteiger partial charge is 0.376 e.